The molecular weight excluding hydrogens is 182 g/mol. The molecule has 0 unspecified atom stereocenters. The predicted octanol–water partition coefficient (Wildman–Crippen LogP) is 1.27. The summed E-state index contributed by atoms with van der Waals surface area (Å²) in [4.78, 5) is 4.00. The lowest BCUT2D eigenvalue weighted by molar-refractivity contribution is 1.32. The van der Waals surface area contributed by atoms with Gasteiger partial charge in [0.15, 0.2) is 0 Å². The zero-order valence-corrected chi connectivity index (χ0v) is 7.58. The van der Waals surface area contributed by atoms with E-state index in [9.17, 15) is 0 Å². The lowest BCUT2D eigenvalue weighted by Gasteiger charge is -1.94. The summed E-state index contributed by atoms with van der Waals surface area (Å²) in [6.07, 6.45) is 4.90. The highest BCUT2D eigenvalue weighted by Crippen LogP contribution is 2.04. The van der Waals surface area contributed by atoms with E-state index >= 15 is 0 Å². The van der Waals surface area contributed by atoms with Gasteiger partial charge in [-0.3, -0.25) is 4.98 Å². The van der Waals surface area contributed by atoms with Crippen molar-refractivity contribution in [3.63, 3.8) is 0 Å². The lowest BCUT2D eigenvalue weighted by atomic mass is 10.2. The Labute approximate surface area is 81.5 Å². The quantitative estimate of drug-likeness (QED) is 0.432. The minimum absolute atomic E-state index is 0.103. The number of rotatable bonds is 2. The molecule has 0 bridgehead atoms. The van der Waals surface area contributed by atoms with E-state index in [0.29, 0.717) is 5.57 Å². The van der Waals surface area contributed by atoms with E-state index in [1.54, 1.807) is 24.5 Å². The smallest absolute Gasteiger partial charge is 0.114 e. The minimum Gasteiger partial charge on any atom is -0.389 e. The normalized spacial score (nSPS) is 10.5. The maximum Gasteiger partial charge on any atom is 0.114 e. The van der Waals surface area contributed by atoms with Gasteiger partial charge in [-0.1, -0.05) is 18.3 Å². The third-order valence-corrected chi connectivity index (χ3v) is 1.60. The molecule has 3 nitrogen and oxygen atoms in total. The predicted molar refractivity (Wildman–Crippen MR) is 54.6 cm³/mol. The zero-order chi connectivity index (χ0) is 9.68. The number of hydrogen-bond donors (Lipinski definition) is 1. The first kappa shape index (κ1) is 9.36. The average Bonchev–Trinajstić information content (AvgIpc) is 2.15. The first-order chi connectivity index (χ1) is 6.24. The van der Waals surface area contributed by atoms with E-state index in [4.69, 9.17) is 11.0 Å². The Balaban J connectivity index is 3.01. The molecule has 1 aromatic rings. The highest BCUT2D eigenvalue weighted by atomic mass is 32.1. The number of thiocarbonyl (C=S) groups is 1. The van der Waals surface area contributed by atoms with Crippen LogP contribution in [0.1, 0.15) is 5.56 Å². The highest BCUT2D eigenvalue weighted by Gasteiger charge is 1.98. The van der Waals surface area contributed by atoms with Crippen LogP contribution in [-0.2, 0) is 0 Å². The Hall–Kier alpha value is -1.73. The van der Waals surface area contributed by atoms with Gasteiger partial charge in [-0.25, -0.2) is 0 Å². The highest BCUT2D eigenvalue weighted by molar-refractivity contribution is 7.80. The van der Waals surface area contributed by atoms with Crippen LogP contribution in [0.2, 0.25) is 0 Å². The van der Waals surface area contributed by atoms with Crippen molar-refractivity contribution >= 4 is 23.3 Å². The van der Waals surface area contributed by atoms with Gasteiger partial charge in [0.1, 0.15) is 11.1 Å². The second-order valence-electron chi connectivity index (χ2n) is 2.32. The fourth-order valence-electron chi connectivity index (χ4n) is 0.787. The monoisotopic (exact) mass is 189 g/mol. The molecule has 1 rings (SSSR count). The van der Waals surface area contributed by atoms with Crippen LogP contribution in [0.3, 0.4) is 0 Å². The molecule has 4 heteroatoms. The number of nitrogens with two attached hydrogens (primary N) is 1. The standard InChI is InChI=1S/C9H7N3S/c10-5-8(9(11)13)4-7-2-1-3-12-6-7/h1-4,6H,(H2,11,13). The number of pyridine rings is 1. The van der Waals surface area contributed by atoms with Crippen molar-refractivity contribution in [2.75, 3.05) is 0 Å². The van der Waals surface area contributed by atoms with Crippen LogP contribution in [0.5, 0.6) is 0 Å². The van der Waals surface area contributed by atoms with E-state index in [1.165, 1.54) is 0 Å². The van der Waals surface area contributed by atoms with E-state index in [2.05, 4.69) is 17.2 Å². The summed E-state index contributed by atoms with van der Waals surface area (Å²) in [6.45, 7) is 0. The molecule has 64 valence electrons. The maximum atomic E-state index is 8.65. The first-order valence-electron chi connectivity index (χ1n) is 3.55. The largest absolute Gasteiger partial charge is 0.389 e. The Kier molecular flexibility index (Phi) is 3.12. The van der Waals surface area contributed by atoms with Crippen molar-refractivity contribution in [3.8, 4) is 6.07 Å². The summed E-state index contributed by atoms with van der Waals surface area (Å²) in [5.41, 5.74) is 6.42. The summed E-state index contributed by atoms with van der Waals surface area (Å²) >= 11 is 4.68. The molecule has 0 spiro atoms. The molecule has 2 N–H and O–H groups in total. The molecule has 0 atom stereocenters. The van der Waals surface area contributed by atoms with Crippen molar-refractivity contribution in [1.82, 2.24) is 4.98 Å². The molecule has 1 aromatic heterocycles. The van der Waals surface area contributed by atoms with E-state index in [1.807, 2.05) is 12.1 Å². The van der Waals surface area contributed by atoms with E-state index in [-0.39, 0.29) is 4.99 Å². The van der Waals surface area contributed by atoms with Crippen LogP contribution in [0, 0.1) is 11.3 Å². The van der Waals surface area contributed by atoms with Crippen LogP contribution in [0.15, 0.2) is 30.1 Å². The van der Waals surface area contributed by atoms with E-state index in [0.717, 1.165) is 5.56 Å². The summed E-state index contributed by atoms with van der Waals surface area (Å²) in [5.74, 6) is 0. The van der Waals surface area contributed by atoms with Gasteiger partial charge >= 0.3 is 0 Å². The lowest BCUT2D eigenvalue weighted by Crippen LogP contribution is -2.09. The molecular formula is C9H7N3S. The number of nitrogens with zero attached hydrogens (tertiary/aromatic N) is 2. The number of aromatic nitrogens is 1. The average molecular weight is 189 g/mol. The molecule has 0 aliphatic rings. The van der Waals surface area contributed by atoms with Gasteiger partial charge in [0.05, 0.1) is 5.57 Å². The van der Waals surface area contributed by atoms with Crippen molar-refractivity contribution < 1.29 is 0 Å². The fourth-order valence-corrected chi connectivity index (χ4v) is 0.891. The maximum absolute atomic E-state index is 8.65. The fraction of sp³-hybridized carbons (Fsp3) is 0. The van der Waals surface area contributed by atoms with Crippen LogP contribution in [0.4, 0.5) is 0 Å². The SMILES string of the molecule is N#CC(=Cc1cccnc1)C(N)=S. The Bertz CT molecular complexity index is 376. The third-order valence-electron chi connectivity index (χ3n) is 1.38. The second-order valence-corrected chi connectivity index (χ2v) is 2.76. The Morgan fingerprint density at radius 1 is 1.69 bits per heavy atom. The van der Waals surface area contributed by atoms with Crippen molar-refractivity contribution in [1.29, 1.82) is 5.26 Å². The van der Waals surface area contributed by atoms with Gasteiger partial charge in [-0.2, -0.15) is 5.26 Å². The summed E-state index contributed by atoms with van der Waals surface area (Å²) in [5, 5.41) is 8.65. The zero-order valence-electron chi connectivity index (χ0n) is 6.77. The van der Waals surface area contributed by atoms with E-state index < -0.39 is 0 Å². The van der Waals surface area contributed by atoms with Crippen LogP contribution in [-0.4, -0.2) is 9.97 Å². The van der Waals surface area contributed by atoms with Crippen molar-refractivity contribution in [3.05, 3.63) is 35.7 Å². The molecule has 0 aliphatic carbocycles. The van der Waals surface area contributed by atoms with Crippen molar-refractivity contribution in [2.45, 2.75) is 0 Å². The number of hydrogen-bond acceptors (Lipinski definition) is 3. The van der Waals surface area contributed by atoms with Gasteiger partial charge in [0, 0.05) is 12.4 Å². The number of nitriles is 1. The van der Waals surface area contributed by atoms with Crippen LogP contribution in [0.25, 0.3) is 6.08 Å². The Morgan fingerprint density at radius 2 is 2.46 bits per heavy atom. The molecule has 0 saturated heterocycles. The molecule has 0 fully saturated rings. The molecule has 0 saturated carbocycles. The first-order valence-corrected chi connectivity index (χ1v) is 3.96. The van der Waals surface area contributed by atoms with Crippen LogP contribution >= 0.6 is 12.2 Å². The Morgan fingerprint density at radius 3 is 2.92 bits per heavy atom. The summed E-state index contributed by atoms with van der Waals surface area (Å²) < 4.78 is 0. The molecule has 0 aromatic carbocycles. The third kappa shape index (κ3) is 2.65. The van der Waals surface area contributed by atoms with Gasteiger partial charge in [0.2, 0.25) is 0 Å². The molecule has 1 heterocycles. The second kappa shape index (κ2) is 4.33. The van der Waals surface area contributed by atoms with Gasteiger partial charge in [-0.15, -0.1) is 0 Å². The molecule has 0 aliphatic heterocycles. The molecule has 0 radical (unpaired) electrons. The minimum atomic E-state index is 0.103. The topological polar surface area (TPSA) is 62.7 Å². The molecule has 13 heavy (non-hydrogen) atoms. The van der Waals surface area contributed by atoms with Crippen molar-refractivity contribution in [2.24, 2.45) is 5.73 Å². The summed E-state index contributed by atoms with van der Waals surface area (Å²) in [6, 6.07) is 5.52. The summed E-state index contributed by atoms with van der Waals surface area (Å²) in [7, 11) is 0. The van der Waals surface area contributed by atoms with Gasteiger partial charge in [0.25, 0.3) is 0 Å². The van der Waals surface area contributed by atoms with Gasteiger partial charge < -0.3 is 5.73 Å². The van der Waals surface area contributed by atoms with Crippen LogP contribution < -0.4 is 5.73 Å². The van der Waals surface area contributed by atoms with Gasteiger partial charge in [-0.05, 0) is 17.7 Å². The molecule has 0 amide bonds.